The van der Waals surface area contributed by atoms with E-state index < -0.39 is 30.5 Å². The molecule has 0 aliphatic carbocycles. The number of ether oxygens (including phenoxy) is 1. The summed E-state index contributed by atoms with van der Waals surface area (Å²) in [6.45, 7) is 3.34. The summed E-state index contributed by atoms with van der Waals surface area (Å²) >= 11 is 0. The summed E-state index contributed by atoms with van der Waals surface area (Å²) in [5.74, 6) is -8.35. The zero-order valence-corrected chi connectivity index (χ0v) is 13.1. The minimum absolute atomic E-state index is 0.0552. The van der Waals surface area contributed by atoms with E-state index in [9.17, 15) is 39.9 Å². The second-order valence-corrected chi connectivity index (χ2v) is 5.06. The number of rotatable bonds is 10. The lowest BCUT2D eigenvalue weighted by Gasteiger charge is -2.30. The Labute approximate surface area is 133 Å². The highest BCUT2D eigenvalue weighted by molar-refractivity contribution is 5.79. The predicted octanol–water partition coefficient (Wildman–Crippen LogP) is 4.52. The molecule has 0 rings (SSSR count). The molecule has 0 heterocycles. The molecule has 0 spiro atoms. The molecule has 0 radical (unpaired) electrons. The maximum Gasteiger partial charge on any atom is 0.462 e. The molecule has 0 saturated carbocycles. The Morgan fingerprint density at radius 3 is 1.71 bits per heavy atom. The molecule has 0 saturated heterocycles. The fourth-order valence-electron chi connectivity index (χ4n) is 1.59. The third-order valence-corrected chi connectivity index (χ3v) is 3.04. The lowest BCUT2D eigenvalue weighted by atomic mass is 10.2. The number of amides is 1. The highest BCUT2D eigenvalue weighted by Gasteiger charge is 2.75. The van der Waals surface area contributed by atoms with Gasteiger partial charge in [-0.3, -0.25) is 9.53 Å². The number of hydrogen-bond acceptors (Lipinski definition) is 2. The van der Waals surface area contributed by atoms with Crippen LogP contribution in [-0.4, -0.2) is 48.5 Å². The van der Waals surface area contributed by atoms with Crippen molar-refractivity contribution in [2.75, 3.05) is 13.1 Å². The Balaban J connectivity index is 5.09. The van der Waals surface area contributed by atoms with Crippen LogP contribution in [0.4, 0.5) is 35.1 Å². The van der Waals surface area contributed by atoms with Gasteiger partial charge in [-0.2, -0.15) is 30.7 Å². The molecule has 0 aromatic heterocycles. The number of carbonyl (C=O) groups excluding carboxylic acids is 1. The fraction of sp³-hybridized carbons (Fsp3) is 0.923. The molecule has 0 bridgehead atoms. The molecule has 0 fully saturated rings. The summed E-state index contributed by atoms with van der Waals surface area (Å²) in [6, 6.07) is 0. The molecule has 1 unspecified atom stereocenters. The Bertz CT molecular complexity index is 392. The molecule has 0 aromatic rings. The van der Waals surface area contributed by atoms with E-state index in [0.717, 1.165) is 4.90 Å². The van der Waals surface area contributed by atoms with Crippen molar-refractivity contribution in [1.82, 2.24) is 4.90 Å². The third-order valence-electron chi connectivity index (χ3n) is 3.04. The molecule has 0 aromatic carbocycles. The quantitative estimate of drug-likeness (QED) is 0.527. The molecule has 144 valence electrons. The van der Waals surface area contributed by atoms with Crippen molar-refractivity contribution in [3.05, 3.63) is 0 Å². The number of alkyl halides is 8. The first-order chi connectivity index (χ1) is 10.8. The molecule has 0 N–H and O–H groups in total. The van der Waals surface area contributed by atoms with Crippen LogP contribution >= 0.6 is 0 Å². The van der Waals surface area contributed by atoms with Gasteiger partial charge < -0.3 is 4.90 Å². The smallest absolute Gasteiger partial charge is 0.338 e. The maximum absolute atomic E-state index is 13.5. The minimum Gasteiger partial charge on any atom is -0.338 e. The van der Waals surface area contributed by atoms with Gasteiger partial charge in [-0.25, -0.2) is 4.39 Å². The topological polar surface area (TPSA) is 29.5 Å². The highest BCUT2D eigenvalue weighted by Crippen LogP contribution is 2.47. The van der Waals surface area contributed by atoms with Crippen molar-refractivity contribution in [3.63, 3.8) is 0 Å². The molecule has 11 heteroatoms. The van der Waals surface area contributed by atoms with Crippen LogP contribution in [0.25, 0.3) is 0 Å². The number of carbonyl (C=O) groups is 1. The van der Waals surface area contributed by atoms with Crippen molar-refractivity contribution in [1.29, 1.82) is 0 Å². The molecule has 24 heavy (non-hydrogen) atoms. The molecule has 3 nitrogen and oxygen atoms in total. The van der Waals surface area contributed by atoms with Gasteiger partial charge in [0.2, 0.25) is 0 Å². The van der Waals surface area contributed by atoms with Crippen LogP contribution in [0, 0.1) is 0 Å². The van der Waals surface area contributed by atoms with Gasteiger partial charge in [0.1, 0.15) is 0 Å². The van der Waals surface area contributed by atoms with Crippen LogP contribution < -0.4 is 0 Å². The first kappa shape index (κ1) is 22.9. The van der Waals surface area contributed by atoms with Crippen LogP contribution in [0.3, 0.4) is 0 Å². The van der Waals surface area contributed by atoms with E-state index in [1.807, 2.05) is 0 Å². The van der Waals surface area contributed by atoms with E-state index in [1.165, 1.54) is 0 Å². The van der Waals surface area contributed by atoms with Crippen LogP contribution in [0.5, 0.6) is 0 Å². The van der Waals surface area contributed by atoms with Crippen molar-refractivity contribution in [2.45, 2.75) is 64.1 Å². The fourth-order valence-corrected chi connectivity index (χ4v) is 1.59. The summed E-state index contributed by atoms with van der Waals surface area (Å²) < 4.78 is 103. The lowest BCUT2D eigenvalue weighted by Crippen LogP contribution is -2.55. The normalized spacial score (nSPS) is 14.6. The molecular weight excluding hydrogens is 354 g/mol. The van der Waals surface area contributed by atoms with Gasteiger partial charge in [0.05, 0.1) is 0 Å². The van der Waals surface area contributed by atoms with Gasteiger partial charge >= 0.3 is 18.2 Å². The summed E-state index contributed by atoms with van der Waals surface area (Å²) in [4.78, 5) is 12.4. The van der Waals surface area contributed by atoms with Gasteiger partial charge in [-0.15, -0.1) is 0 Å². The predicted molar refractivity (Wildman–Crippen MR) is 68.3 cm³/mol. The summed E-state index contributed by atoms with van der Waals surface area (Å²) in [5.41, 5.74) is 0. The van der Waals surface area contributed by atoms with E-state index in [0.29, 0.717) is 25.7 Å². The first-order valence-corrected chi connectivity index (χ1v) is 7.24. The number of hydrogen-bond donors (Lipinski definition) is 0. The SMILES string of the molecule is CCCCN(CCCC)C(=O)C(F)OC(F)(F)C(F)(F)C(F)(F)F. The van der Waals surface area contributed by atoms with Crippen molar-refractivity contribution in [2.24, 2.45) is 0 Å². The van der Waals surface area contributed by atoms with Crippen molar-refractivity contribution < 1.29 is 44.7 Å². The molecular formula is C13H19F8NO2. The Hall–Kier alpha value is -1.13. The van der Waals surface area contributed by atoms with Gasteiger partial charge in [-0.05, 0) is 12.8 Å². The van der Waals surface area contributed by atoms with Crippen molar-refractivity contribution >= 4 is 5.91 Å². The van der Waals surface area contributed by atoms with E-state index in [1.54, 1.807) is 13.8 Å². The Kier molecular flexibility index (Phi) is 8.40. The monoisotopic (exact) mass is 373 g/mol. The molecule has 1 amide bonds. The zero-order chi connectivity index (χ0) is 19.2. The molecule has 1 atom stereocenters. The van der Waals surface area contributed by atoms with Crippen LogP contribution in [0.2, 0.25) is 0 Å². The number of nitrogens with zero attached hydrogens (tertiary/aromatic N) is 1. The van der Waals surface area contributed by atoms with Crippen LogP contribution in [0.15, 0.2) is 0 Å². The Morgan fingerprint density at radius 1 is 0.958 bits per heavy atom. The summed E-state index contributed by atoms with van der Waals surface area (Å²) in [5, 5.41) is 0. The van der Waals surface area contributed by atoms with E-state index >= 15 is 0 Å². The highest BCUT2D eigenvalue weighted by atomic mass is 19.4. The average molecular weight is 373 g/mol. The molecule has 0 aliphatic rings. The number of unbranched alkanes of at least 4 members (excludes halogenated alkanes) is 2. The van der Waals surface area contributed by atoms with Crippen molar-refractivity contribution in [3.8, 4) is 0 Å². The van der Waals surface area contributed by atoms with Gasteiger partial charge in [0.25, 0.3) is 12.3 Å². The first-order valence-electron chi connectivity index (χ1n) is 7.24. The number of halogens is 8. The van der Waals surface area contributed by atoms with E-state index in [4.69, 9.17) is 0 Å². The second kappa shape index (κ2) is 8.82. The largest absolute Gasteiger partial charge is 0.462 e. The average Bonchev–Trinajstić information content (AvgIpc) is 2.45. The van der Waals surface area contributed by atoms with E-state index in [-0.39, 0.29) is 13.1 Å². The summed E-state index contributed by atoms with van der Waals surface area (Å²) in [7, 11) is 0. The zero-order valence-electron chi connectivity index (χ0n) is 13.1. The molecule has 0 aliphatic heterocycles. The van der Waals surface area contributed by atoms with E-state index in [2.05, 4.69) is 4.74 Å². The van der Waals surface area contributed by atoms with Gasteiger partial charge in [-0.1, -0.05) is 26.7 Å². The second-order valence-electron chi connectivity index (χ2n) is 5.06. The lowest BCUT2D eigenvalue weighted by molar-refractivity contribution is -0.435. The summed E-state index contributed by atoms with van der Waals surface area (Å²) in [6.07, 6.45) is -14.6. The third kappa shape index (κ3) is 5.75. The Morgan fingerprint density at radius 2 is 1.38 bits per heavy atom. The van der Waals surface area contributed by atoms with Crippen LogP contribution in [0.1, 0.15) is 39.5 Å². The minimum atomic E-state index is -6.66. The maximum atomic E-state index is 13.5. The van der Waals surface area contributed by atoms with Gasteiger partial charge in [0.15, 0.2) is 0 Å². The van der Waals surface area contributed by atoms with Crippen LogP contribution in [-0.2, 0) is 9.53 Å². The van der Waals surface area contributed by atoms with Gasteiger partial charge in [0, 0.05) is 13.1 Å². The standard InChI is InChI=1S/C13H19F8NO2/c1-3-5-7-22(8-6-4-2)10(23)9(14)24-13(20,21)11(15,16)12(17,18)19/h9H,3-8H2,1-2H3.